The average molecular weight is 312 g/mol. The Balaban J connectivity index is 1.42. The Morgan fingerprint density at radius 2 is 2.23 bits per heavy atom. The molecule has 2 N–H and O–H groups in total. The number of rotatable bonds is 4. The molecule has 1 aromatic carbocycles. The van der Waals surface area contributed by atoms with E-state index in [0.717, 1.165) is 18.0 Å². The van der Waals surface area contributed by atoms with Gasteiger partial charge in [-0.25, -0.2) is 0 Å². The van der Waals surface area contributed by atoms with Crippen molar-refractivity contribution < 1.29 is 4.79 Å². The molecule has 0 atom stereocenters. The highest BCUT2D eigenvalue weighted by Crippen LogP contribution is 2.25. The first-order chi connectivity index (χ1) is 10.8. The molecule has 4 rings (SSSR count). The summed E-state index contributed by atoms with van der Waals surface area (Å²) in [5.74, 6) is 0.599. The molecule has 1 saturated heterocycles. The number of nitrogens with one attached hydrogen (secondary N) is 2. The molecular weight excluding hydrogens is 296 g/mol. The molecule has 1 fully saturated rings. The van der Waals surface area contributed by atoms with Crippen LogP contribution in [0, 0.1) is 0 Å². The second kappa shape index (κ2) is 5.55. The third kappa shape index (κ3) is 2.63. The molecule has 3 aromatic rings. The molecule has 0 bridgehead atoms. The van der Waals surface area contributed by atoms with Gasteiger partial charge in [-0.1, -0.05) is 18.2 Å². The van der Waals surface area contributed by atoms with Crippen LogP contribution in [0.1, 0.15) is 10.9 Å². The molecule has 0 spiro atoms. The van der Waals surface area contributed by atoms with Crippen molar-refractivity contribution in [1.82, 2.24) is 15.1 Å². The predicted octanol–water partition coefficient (Wildman–Crippen LogP) is 2.42. The van der Waals surface area contributed by atoms with Crippen molar-refractivity contribution in [1.29, 1.82) is 0 Å². The lowest BCUT2D eigenvalue weighted by atomic mass is 10.2. The minimum absolute atomic E-state index is 0.0245. The Hall–Kier alpha value is -2.18. The quantitative estimate of drug-likeness (QED) is 0.778. The van der Waals surface area contributed by atoms with Crippen LogP contribution in [0.15, 0.2) is 42.6 Å². The highest BCUT2D eigenvalue weighted by Gasteiger charge is 2.19. The molecule has 6 heteroatoms. The van der Waals surface area contributed by atoms with Crippen LogP contribution >= 0.6 is 11.3 Å². The molecule has 2 aromatic heterocycles. The van der Waals surface area contributed by atoms with Crippen molar-refractivity contribution in [2.24, 2.45) is 0 Å². The van der Waals surface area contributed by atoms with Gasteiger partial charge < -0.3 is 10.6 Å². The first-order valence-electron chi connectivity index (χ1n) is 7.31. The lowest BCUT2D eigenvalue weighted by molar-refractivity contribution is -0.115. The second-order valence-corrected chi connectivity index (χ2v) is 6.64. The summed E-state index contributed by atoms with van der Waals surface area (Å²) in [5.41, 5.74) is 0. The van der Waals surface area contributed by atoms with Gasteiger partial charge in [-0.3, -0.25) is 9.48 Å². The number of amides is 1. The summed E-state index contributed by atoms with van der Waals surface area (Å²) in [4.78, 5) is 13.2. The molecule has 0 unspecified atom stereocenters. The number of benzene rings is 1. The van der Waals surface area contributed by atoms with Gasteiger partial charge >= 0.3 is 0 Å². The first-order valence-corrected chi connectivity index (χ1v) is 8.13. The Morgan fingerprint density at radius 3 is 3.00 bits per heavy atom. The van der Waals surface area contributed by atoms with Crippen LogP contribution in [0.5, 0.6) is 0 Å². The van der Waals surface area contributed by atoms with Gasteiger partial charge in [0.15, 0.2) is 5.82 Å². The van der Waals surface area contributed by atoms with E-state index in [-0.39, 0.29) is 5.91 Å². The average Bonchev–Trinajstić information content (AvgIpc) is 3.03. The van der Waals surface area contributed by atoms with E-state index >= 15 is 0 Å². The van der Waals surface area contributed by atoms with Gasteiger partial charge in [0.1, 0.15) is 0 Å². The maximum absolute atomic E-state index is 12.2. The predicted molar refractivity (Wildman–Crippen MR) is 88.3 cm³/mol. The Morgan fingerprint density at radius 1 is 1.36 bits per heavy atom. The fourth-order valence-corrected chi connectivity index (χ4v) is 3.60. The summed E-state index contributed by atoms with van der Waals surface area (Å²) in [5, 5.41) is 11.7. The van der Waals surface area contributed by atoms with Crippen molar-refractivity contribution in [3.8, 4) is 0 Å². The summed E-state index contributed by atoms with van der Waals surface area (Å²) in [6.07, 6.45) is 2.30. The fourth-order valence-electron chi connectivity index (χ4n) is 2.54. The number of anilines is 1. The van der Waals surface area contributed by atoms with Crippen LogP contribution in [0.2, 0.25) is 0 Å². The zero-order valence-electron chi connectivity index (χ0n) is 12.0. The summed E-state index contributed by atoms with van der Waals surface area (Å²) >= 11 is 1.66. The van der Waals surface area contributed by atoms with E-state index in [0.29, 0.717) is 18.3 Å². The summed E-state index contributed by atoms with van der Waals surface area (Å²) < 4.78 is 3.12. The highest BCUT2D eigenvalue weighted by atomic mass is 32.1. The van der Waals surface area contributed by atoms with Crippen molar-refractivity contribution in [2.45, 2.75) is 12.5 Å². The van der Waals surface area contributed by atoms with E-state index in [1.165, 1.54) is 10.1 Å². The third-order valence-electron chi connectivity index (χ3n) is 3.82. The van der Waals surface area contributed by atoms with Crippen LogP contribution in [0.25, 0.3) is 10.1 Å². The normalized spacial score (nSPS) is 14.9. The molecular formula is C16H16N4OS. The third-order valence-corrected chi connectivity index (χ3v) is 4.94. The van der Waals surface area contributed by atoms with Crippen LogP contribution in [-0.4, -0.2) is 28.8 Å². The van der Waals surface area contributed by atoms with Crippen molar-refractivity contribution in [2.75, 3.05) is 18.4 Å². The zero-order valence-corrected chi connectivity index (χ0v) is 12.8. The molecule has 22 heavy (non-hydrogen) atoms. The molecule has 1 amide bonds. The molecule has 0 radical (unpaired) electrons. The molecule has 1 aliphatic heterocycles. The number of hydrogen-bond acceptors (Lipinski definition) is 4. The zero-order chi connectivity index (χ0) is 14.9. The molecule has 1 aliphatic rings. The van der Waals surface area contributed by atoms with E-state index in [1.54, 1.807) is 11.3 Å². The van der Waals surface area contributed by atoms with Gasteiger partial charge in [-0.15, -0.1) is 11.3 Å². The summed E-state index contributed by atoms with van der Waals surface area (Å²) in [7, 11) is 0. The summed E-state index contributed by atoms with van der Waals surface area (Å²) in [6, 6.07) is 12.5. The Labute approximate surface area is 131 Å². The number of hydrogen-bond donors (Lipinski definition) is 2. The maximum Gasteiger partial charge on any atom is 0.230 e. The summed E-state index contributed by atoms with van der Waals surface area (Å²) in [6.45, 7) is 1.88. The molecule has 0 saturated carbocycles. The minimum Gasteiger partial charge on any atom is -0.312 e. The molecule has 3 heterocycles. The largest absolute Gasteiger partial charge is 0.312 e. The number of carbonyl (C=O) groups excluding carboxylic acids is 1. The lowest BCUT2D eigenvalue weighted by Gasteiger charge is -2.27. The van der Waals surface area contributed by atoms with Gasteiger partial charge in [-0.05, 0) is 17.5 Å². The lowest BCUT2D eigenvalue weighted by Crippen LogP contribution is -2.43. The van der Waals surface area contributed by atoms with E-state index in [1.807, 2.05) is 29.1 Å². The van der Waals surface area contributed by atoms with Crippen LogP contribution in [0.4, 0.5) is 5.82 Å². The molecule has 112 valence electrons. The van der Waals surface area contributed by atoms with Crippen molar-refractivity contribution >= 4 is 33.1 Å². The van der Waals surface area contributed by atoms with E-state index in [9.17, 15) is 4.79 Å². The minimum atomic E-state index is -0.0245. The van der Waals surface area contributed by atoms with Gasteiger partial charge in [0, 0.05) is 34.9 Å². The van der Waals surface area contributed by atoms with Crippen LogP contribution < -0.4 is 10.6 Å². The monoisotopic (exact) mass is 312 g/mol. The van der Waals surface area contributed by atoms with Gasteiger partial charge in [0.25, 0.3) is 0 Å². The number of aromatic nitrogens is 2. The standard InChI is InChI=1S/C16H16N4OS/c21-16(8-13-7-11-3-1-2-4-14(11)22-13)18-15-5-6-20(19-15)12-9-17-10-12/h1-7,12,17H,8-10H2,(H,18,19,21). The SMILES string of the molecule is O=C(Cc1cc2ccccc2s1)Nc1ccn(C2CNC2)n1. The molecule has 0 aliphatic carbocycles. The van der Waals surface area contributed by atoms with Crippen molar-refractivity contribution in [3.63, 3.8) is 0 Å². The van der Waals surface area contributed by atoms with Gasteiger partial charge in [0.2, 0.25) is 5.91 Å². The topological polar surface area (TPSA) is 59.0 Å². The van der Waals surface area contributed by atoms with Crippen LogP contribution in [-0.2, 0) is 11.2 Å². The van der Waals surface area contributed by atoms with Gasteiger partial charge in [-0.2, -0.15) is 5.10 Å². The van der Waals surface area contributed by atoms with Gasteiger partial charge in [0.05, 0.1) is 12.5 Å². The van der Waals surface area contributed by atoms with Crippen LogP contribution in [0.3, 0.4) is 0 Å². The molecule has 5 nitrogen and oxygen atoms in total. The van der Waals surface area contributed by atoms with Crippen molar-refractivity contribution in [3.05, 3.63) is 47.5 Å². The smallest absolute Gasteiger partial charge is 0.230 e. The second-order valence-electron chi connectivity index (χ2n) is 5.47. The number of carbonyl (C=O) groups is 1. The number of thiophene rings is 1. The first kappa shape index (κ1) is 13.5. The Bertz CT molecular complexity index is 785. The Kier molecular flexibility index (Phi) is 3.40. The maximum atomic E-state index is 12.2. The highest BCUT2D eigenvalue weighted by molar-refractivity contribution is 7.19. The number of fused-ring (bicyclic) bond motifs is 1. The number of nitrogens with zero attached hydrogens (tertiary/aromatic N) is 2. The van der Waals surface area contributed by atoms with E-state index < -0.39 is 0 Å². The van der Waals surface area contributed by atoms with E-state index in [4.69, 9.17) is 0 Å². The fraction of sp³-hybridized carbons (Fsp3) is 0.250. The van der Waals surface area contributed by atoms with E-state index in [2.05, 4.69) is 33.9 Å².